The third kappa shape index (κ3) is 5.31. The van der Waals surface area contributed by atoms with Gasteiger partial charge in [-0.25, -0.2) is 9.02 Å². The lowest BCUT2D eigenvalue weighted by atomic mass is 10.1. The van der Waals surface area contributed by atoms with Crippen molar-refractivity contribution in [3.8, 4) is 22.8 Å². The first-order valence-corrected chi connectivity index (χ1v) is 9.29. The van der Waals surface area contributed by atoms with E-state index in [1.807, 2.05) is 32.9 Å². The molecular weight excluding hydrogens is 377 g/mol. The number of hydrogen-bond acceptors (Lipinski definition) is 6. The third-order valence-electron chi connectivity index (χ3n) is 3.98. The number of rotatable bonds is 8. The van der Waals surface area contributed by atoms with Crippen LogP contribution in [0.25, 0.3) is 11.3 Å². The highest BCUT2D eigenvalue weighted by molar-refractivity contribution is 5.96. The molecule has 1 aromatic heterocycles. The van der Waals surface area contributed by atoms with Gasteiger partial charge in [0.15, 0.2) is 11.8 Å². The van der Waals surface area contributed by atoms with Crippen LogP contribution in [0, 0.1) is 5.82 Å². The number of carbonyl (C=O) groups excluding carboxylic acids is 1. The monoisotopic (exact) mass is 399 g/mol. The second-order valence-electron chi connectivity index (χ2n) is 6.61. The Morgan fingerprint density at radius 3 is 2.28 bits per heavy atom. The average molecular weight is 399 g/mol. The highest BCUT2D eigenvalue weighted by Crippen LogP contribution is 2.27. The van der Waals surface area contributed by atoms with Gasteiger partial charge in [0, 0.05) is 5.56 Å². The highest BCUT2D eigenvalue weighted by Gasteiger charge is 2.22. The molecule has 0 spiro atoms. The first kappa shape index (κ1) is 20.3. The predicted molar refractivity (Wildman–Crippen MR) is 105 cm³/mol. The molecule has 0 aliphatic carbocycles. The molecule has 1 amide bonds. The van der Waals surface area contributed by atoms with Gasteiger partial charge in [0.2, 0.25) is 5.82 Å². The lowest BCUT2D eigenvalue weighted by Gasteiger charge is -2.16. The number of anilines is 1. The van der Waals surface area contributed by atoms with Crippen LogP contribution in [0.1, 0.15) is 27.2 Å². The maximum atomic E-state index is 13.0. The van der Waals surface area contributed by atoms with Crippen molar-refractivity contribution in [2.45, 2.75) is 39.4 Å². The molecule has 29 heavy (non-hydrogen) atoms. The van der Waals surface area contributed by atoms with E-state index in [0.29, 0.717) is 23.4 Å². The van der Waals surface area contributed by atoms with Crippen LogP contribution in [0.2, 0.25) is 0 Å². The van der Waals surface area contributed by atoms with Crippen LogP contribution >= 0.6 is 0 Å². The largest absolute Gasteiger partial charge is 0.491 e. The molecule has 0 radical (unpaired) electrons. The van der Waals surface area contributed by atoms with Gasteiger partial charge in [-0.3, -0.25) is 4.79 Å². The molecule has 1 unspecified atom stereocenters. The topological polar surface area (TPSA) is 86.5 Å². The molecule has 1 atom stereocenters. The molecule has 152 valence electrons. The average Bonchev–Trinajstić information content (AvgIpc) is 3.15. The molecule has 1 heterocycles. The van der Waals surface area contributed by atoms with E-state index in [0.717, 1.165) is 5.75 Å². The smallest absolute Gasteiger partial charge is 0.266 e. The fourth-order valence-electron chi connectivity index (χ4n) is 2.62. The lowest BCUT2D eigenvalue weighted by molar-refractivity contribution is -0.122. The van der Waals surface area contributed by atoms with Crippen molar-refractivity contribution < 1.29 is 23.3 Å². The summed E-state index contributed by atoms with van der Waals surface area (Å²) in [6.07, 6.45) is -0.311. The molecule has 3 aromatic rings. The molecule has 2 aromatic carbocycles. The lowest BCUT2D eigenvalue weighted by Crippen LogP contribution is -2.32. The van der Waals surface area contributed by atoms with E-state index < -0.39 is 12.0 Å². The van der Waals surface area contributed by atoms with Crippen LogP contribution in [0.4, 0.5) is 10.2 Å². The van der Waals surface area contributed by atoms with Crippen molar-refractivity contribution in [3.63, 3.8) is 0 Å². The molecule has 0 fully saturated rings. The second-order valence-corrected chi connectivity index (χ2v) is 6.61. The molecule has 0 bridgehead atoms. The predicted octanol–water partition coefficient (Wildman–Crippen LogP) is 4.46. The van der Waals surface area contributed by atoms with E-state index in [2.05, 4.69) is 15.6 Å². The number of hydrogen-bond donors (Lipinski definition) is 1. The minimum Gasteiger partial charge on any atom is -0.491 e. The van der Waals surface area contributed by atoms with Gasteiger partial charge in [-0.2, -0.15) is 0 Å². The summed E-state index contributed by atoms with van der Waals surface area (Å²) < 4.78 is 29.1. The summed E-state index contributed by atoms with van der Waals surface area (Å²) in [5, 5.41) is 10.4. The summed E-state index contributed by atoms with van der Waals surface area (Å²) >= 11 is 0. The minimum absolute atomic E-state index is 0.0662. The van der Waals surface area contributed by atoms with Crippen LogP contribution in [-0.4, -0.2) is 28.4 Å². The Labute approximate surface area is 167 Å². The van der Waals surface area contributed by atoms with E-state index in [1.54, 1.807) is 12.1 Å². The SMILES string of the molecule is CCC(Oc1ccc(F)cc1)C(=O)Nc1nonc1-c1ccc(OC(C)C)cc1. The van der Waals surface area contributed by atoms with Crippen molar-refractivity contribution in [1.82, 2.24) is 10.3 Å². The molecule has 0 saturated heterocycles. The number of amides is 1. The molecular formula is C21H22FN3O4. The molecule has 7 nitrogen and oxygen atoms in total. The summed E-state index contributed by atoms with van der Waals surface area (Å²) in [6.45, 7) is 5.70. The maximum absolute atomic E-state index is 13.0. The Kier molecular flexibility index (Phi) is 6.43. The van der Waals surface area contributed by atoms with Gasteiger partial charge in [0.1, 0.15) is 17.3 Å². The van der Waals surface area contributed by atoms with Crippen LogP contribution in [0.3, 0.4) is 0 Å². The molecule has 0 saturated carbocycles. The second kappa shape index (κ2) is 9.18. The van der Waals surface area contributed by atoms with Crippen molar-refractivity contribution in [3.05, 3.63) is 54.3 Å². The summed E-state index contributed by atoms with van der Waals surface area (Å²) in [4.78, 5) is 12.6. The summed E-state index contributed by atoms with van der Waals surface area (Å²) in [5.74, 6) is 0.525. The minimum atomic E-state index is -0.785. The van der Waals surface area contributed by atoms with Gasteiger partial charge in [-0.15, -0.1) is 0 Å². The Morgan fingerprint density at radius 2 is 1.66 bits per heavy atom. The van der Waals surface area contributed by atoms with Crippen molar-refractivity contribution >= 4 is 11.7 Å². The third-order valence-corrected chi connectivity index (χ3v) is 3.98. The Balaban J connectivity index is 1.71. The zero-order chi connectivity index (χ0) is 20.8. The first-order valence-electron chi connectivity index (χ1n) is 9.29. The fourth-order valence-corrected chi connectivity index (χ4v) is 2.62. The Morgan fingerprint density at radius 1 is 1.03 bits per heavy atom. The van der Waals surface area contributed by atoms with E-state index in [4.69, 9.17) is 14.1 Å². The molecule has 1 N–H and O–H groups in total. The number of nitrogens with zero attached hydrogens (tertiary/aromatic N) is 2. The molecule has 0 aliphatic heterocycles. The van der Waals surface area contributed by atoms with Gasteiger partial charge >= 0.3 is 0 Å². The van der Waals surface area contributed by atoms with Crippen molar-refractivity contribution in [2.24, 2.45) is 0 Å². The van der Waals surface area contributed by atoms with E-state index in [-0.39, 0.29) is 17.7 Å². The molecule has 0 aliphatic rings. The van der Waals surface area contributed by atoms with Gasteiger partial charge in [-0.1, -0.05) is 6.92 Å². The zero-order valence-corrected chi connectivity index (χ0v) is 16.4. The normalized spacial score (nSPS) is 11.9. The number of benzene rings is 2. The van der Waals surface area contributed by atoms with Crippen LogP contribution in [0.5, 0.6) is 11.5 Å². The van der Waals surface area contributed by atoms with Crippen LogP contribution < -0.4 is 14.8 Å². The van der Waals surface area contributed by atoms with Crippen molar-refractivity contribution in [1.29, 1.82) is 0 Å². The number of carbonyl (C=O) groups is 1. The van der Waals surface area contributed by atoms with Crippen LogP contribution in [0.15, 0.2) is 53.2 Å². The Bertz CT molecular complexity index is 939. The van der Waals surface area contributed by atoms with Crippen LogP contribution in [-0.2, 0) is 4.79 Å². The maximum Gasteiger partial charge on any atom is 0.266 e. The highest BCUT2D eigenvalue weighted by atomic mass is 19.1. The summed E-state index contributed by atoms with van der Waals surface area (Å²) in [5.41, 5.74) is 1.11. The standard InChI is InChI=1S/C21H22FN3O4/c1-4-18(28-17-11-7-15(22)8-12-17)21(26)23-20-19(24-29-25-20)14-5-9-16(10-6-14)27-13(2)3/h5-13,18H,4H2,1-3H3,(H,23,25,26). The summed E-state index contributed by atoms with van der Waals surface area (Å²) in [7, 11) is 0. The number of halogens is 1. The number of nitrogens with one attached hydrogen (secondary N) is 1. The van der Waals surface area contributed by atoms with Crippen molar-refractivity contribution in [2.75, 3.05) is 5.32 Å². The van der Waals surface area contributed by atoms with Gasteiger partial charge < -0.3 is 14.8 Å². The Hall–Kier alpha value is -3.42. The first-order chi connectivity index (χ1) is 14.0. The molecule has 3 rings (SSSR count). The summed E-state index contributed by atoms with van der Waals surface area (Å²) in [6, 6.07) is 12.7. The fraction of sp³-hybridized carbons (Fsp3) is 0.286. The van der Waals surface area contributed by atoms with Gasteiger partial charge in [-0.05, 0) is 79.1 Å². The number of aromatic nitrogens is 2. The van der Waals surface area contributed by atoms with E-state index in [9.17, 15) is 9.18 Å². The van der Waals surface area contributed by atoms with E-state index in [1.165, 1.54) is 24.3 Å². The quantitative estimate of drug-likeness (QED) is 0.602. The van der Waals surface area contributed by atoms with Gasteiger partial charge in [0.05, 0.1) is 6.10 Å². The zero-order valence-electron chi connectivity index (χ0n) is 16.4. The number of ether oxygens (including phenoxy) is 2. The van der Waals surface area contributed by atoms with E-state index >= 15 is 0 Å². The van der Waals surface area contributed by atoms with Gasteiger partial charge in [0.25, 0.3) is 5.91 Å². The molecule has 8 heteroatoms.